The smallest absolute Gasteiger partial charge is 0.326 e. The molecule has 0 rings (SSSR count). The molecule has 0 aliphatic heterocycles. The summed E-state index contributed by atoms with van der Waals surface area (Å²) in [5, 5.41) is 25.1. The molecule has 0 saturated heterocycles. The van der Waals surface area contributed by atoms with E-state index in [1.54, 1.807) is 13.8 Å². The van der Waals surface area contributed by atoms with E-state index in [9.17, 15) is 33.9 Å². The summed E-state index contributed by atoms with van der Waals surface area (Å²) >= 11 is 0. The summed E-state index contributed by atoms with van der Waals surface area (Å²) in [6.07, 6.45) is -0.999. The Kier molecular flexibility index (Phi) is 12.7. The second-order valence-corrected chi connectivity index (χ2v) is 8.53. The molecular weight excluding hydrogens is 438 g/mol. The minimum absolute atomic E-state index is 0.105. The normalized spacial score (nSPS) is 14.6. The highest BCUT2D eigenvalue weighted by atomic mass is 16.4. The third kappa shape index (κ3) is 11.8. The average molecular weight is 474 g/mol. The maximum absolute atomic E-state index is 12.8. The Balaban J connectivity index is 5.50. The van der Waals surface area contributed by atoms with Crippen molar-refractivity contribution in [2.24, 2.45) is 23.3 Å². The molecule has 0 heterocycles. The van der Waals surface area contributed by atoms with Gasteiger partial charge in [0.15, 0.2) is 0 Å². The molecule has 0 aliphatic rings. The quantitative estimate of drug-likeness (QED) is 0.143. The molecule has 0 fully saturated rings. The molecule has 0 radical (unpaired) electrons. The van der Waals surface area contributed by atoms with E-state index in [4.69, 9.17) is 16.6 Å². The molecule has 0 aromatic rings. The predicted molar refractivity (Wildman–Crippen MR) is 116 cm³/mol. The van der Waals surface area contributed by atoms with Crippen molar-refractivity contribution in [3.63, 3.8) is 0 Å². The van der Waals surface area contributed by atoms with Crippen LogP contribution in [0.2, 0.25) is 0 Å². The fourth-order valence-corrected chi connectivity index (χ4v) is 2.88. The maximum Gasteiger partial charge on any atom is 0.326 e. The van der Waals surface area contributed by atoms with Gasteiger partial charge in [-0.05, 0) is 24.7 Å². The van der Waals surface area contributed by atoms with Crippen LogP contribution in [0.15, 0.2) is 0 Å². The predicted octanol–water partition coefficient (Wildman–Crippen LogP) is -1.70. The zero-order valence-corrected chi connectivity index (χ0v) is 19.3. The van der Waals surface area contributed by atoms with Crippen LogP contribution in [-0.4, -0.2) is 69.9 Å². The highest BCUT2D eigenvalue weighted by molar-refractivity contribution is 5.95. The molecule has 0 spiro atoms. The van der Waals surface area contributed by atoms with Crippen molar-refractivity contribution in [2.75, 3.05) is 0 Å². The molecule has 0 aromatic heterocycles. The number of nitrogens with two attached hydrogens (primary N) is 2. The van der Waals surface area contributed by atoms with Gasteiger partial charge >= 0.3 is 11.9 Å². The Morgan fingerprint density at radius 2 is 1.36 bits per heavy atom. The number of carbonyl (C=O) groups is 6. The number of hydrogen-bond acceptors (Lipinski definition) is 7. The van der Waals surface area contributed by atoms with E-state index < -0.39 is 78.5 Å². The van der Waals surface area contributed by atoms with Crippen molar-refractivity contribution < 1.29 is 39.0 Å². The first-order chi connectivity index (χ1) is 15.1. The first kappa shape index (κ1) is 29.8. The first-order valence-corrected chi connectivity index (χ1v) is 10.5. The van der Waals surface area contributed by atoms with Crippen molar-refractivity contribution in [3.8, 4) is 0 Å². The Labute approximate surface area is 192 Å². The summed E-state index contributed by atoms with van der Waals surface area (Å²) in [4.78, 5) is 71.1. The molecule has 13 heteroatoms. The minimum atomic E-state index is -1.59. The van der Waals surface area contributed by atoms with Crippen molar-refractivity contribution in [1.29, 1.82) is 0 Å². The lowest BCUT2D eigenvalue weighted by Gasteiger charge is -2.27. The number of carboxylic acids is 2. The third-order valence-electron chi connectivity index (χ3n) is 4.61. The molecule has 188 valence electrons. The van der Waals surface area contributed by atoms with Crippen LogP contribution in [0.5, 0.6) is 0 Å². The van der Waals surface area contributed by atoms with Crippen LogP contribution in [0.4, 0.5) is 0 Å². The molecule has 0 aliphatic carbocycles. The molecule has 4 amide bonds. The Morgan fingerprint density at radius 1 is 0.818 bits per heavy atom. The lowest BCUT2D eigenvalue weighted by Crippen LogP contribution is -2.58. The second-order valence-electron chi connectivity index (χ2n) is 8.53. The van der Waals surface area contributed by atoms with Crippen molar-refractivity contribution in [2.45, 2.75) is 77.5 Å². The zero-order valence-electron chi connectivity index (χ0n) is 19.3. The van der Waals surface area contributed by atoms with E-state index in [0.29, 0.717) is 6.42 Å². The Morgan fingerprint density at radius 3 is 1.79 bits per heavy atom. The zero-order chi connectivity index (χ0) is 25.9. The van der Waals surface area contributed by atoms with Gasteiger partial charge in [-0.15, -0.1) is 0 Å². The number of nitrogens with one attached hydrogen (secondary N) is 3. The molecule has 9 N–H and O–H groups in total. The average Bonchev–Trinajstić information content (AvgIpc) is 2.66. The van der Waals surface area contributed by atoms with Gasteiger partial charge < -0.3 is 37.6 Å². The lowest BCUT2D eigenvalue weighted by molar-refractivity contribution is -0.144. The van der Waals surface area contributed by atoms with Gasteiger partial charge in [-0.2, -0.15) is 0 Å². The first-order valence-electron chi connectivity index (χ1n) is 10.5. The highest BCUT2D eigenvalue weighted by Gasteiger charge is 2.32. The molecule has 0 unspecified atom stereocenters. The van der Waals surface area contributed by atoms with Crippen LogP contribution in [0, 0.1) is 11.8 Å². The topological polar surface area (TPSA) is 231 Å². The minimum Gasteiger partial charge on any atom is -0.481 e. The Bertz CT molecular complexity index is 740. The van der Waals surface area contributed by atoms with E-state index >= 15 is 0 Å². The third-order valence-corrected chi connectivity index (χ3v) is 4.61. The monoisotopic (exact) mass is 473 g/mol. The van der Waals surface area contributed by atoms with Crippen molar-refractivity contribution >= 4 is 35.6 Å². The Hall–Kier alpha value is -3.22. The number of aliphatic carboxylic acids is 2. The molecule has 4 atom stereocenters. The van der Waals surface area contributed by atoms with Gasteiger partial charge in [0.05, 0.1) is 12.5 Å². The fraction of sp³-hybridized carbons (Fsp3) is 0.700. The van der Waals surface area contributed by atoms with Gasteiger partial charge in [0, 0.05) is 6.42 Å². The van der Waals surface area contributed by atoms with Crippen LogP contribution in [0.3, 0.4) is 0 Å². The molecule has 33 heavy (non-hydrogen) atoms. The van der Waals surface area contributed by atoms with E-state index in [1.165, 1.54) is 0 Å². The van der Waals surface area contributed by atoms with Crippen LogP contribution in [0.25, 0.3) is 0 Å². The number of hydrogen-bond donors (Lipinski definition) is 7. The van der Waals surface area contributed by atoms with E-state index in [-0.39, 0.29) is 12.3 Å². The standard InChI is InChI=1S/C20H35N5O8/c1-9(2)7-11(21)17(29)23-12(5-6-15(27)28)18(30)25-16(10(3)4)19(31)24-13(20(32)33)8-14(22)26/h9-13,16H,5-8,21H2,1-4H3,(H2,22,26)(H,23,29)(H,24,31)(H,25,30)(H,27,28)(H,32,33)/t11-,12-,13-,16-/m0/s1. The number of rotatable bonds is 15. The highest BCUT2D eigenvalue weighted by Crippen LogP contribution is 2.08. The van der Waals surface area contributed by atoms with Gasteiger partial charge in [0.1, 0.15) is 18.1 Å². The molecular formula is C20H35N5O8. The number of primary amides is 1. The van der Waals surface area contributed by atoms with Crippen molar-refractivity contribution in [1.82, 2.24) is 16.0 Å². The number of amides is 4. The van der Waals surface area contributed by atoms with Crippen LogP contribution in [0.1, 0.15) is 53.4 Å². The molecule has 0 saturated carbocycles. The van der Waals surface area contributed by atoms with Gasteiger partial charge in [-0.3, -0.25) is 24.0 Å². The van der Waals surface area contributed by atoms with Crippen LogP contribution < -0.4 is 27.4 Å². The molecule has 13 nitrogen and oxygen atoms in total. The molecule has 0 aromatic carbocycles. The number of carbonyl (C=O) groups excluding carboxylic acids is 4. The summed E-state index contributed by atoms with van der Waals surface area (Å²) in [6, 6.07) is -5.04. The van der Waals surface area contributed by atoms with Gasteiger partial charge in [-0.25, -0.2) is 4.79 Å². The summed E-state index contributed by atoms with van der Waals surface area (Å²) in [7, 11) is 0. The van der Waals surface area contributed by atoms with E-state index in [0.717, 1.165) is 0 Å². The van der Waals surface area contributed by atoms with Gasteiger partial charge in [0.2, 0.25) is 23.6 Å². The van der Waals surface area contributed by atoms with Crippen molar-refractivity contribution in [3.05, 3.63) is 0 Å². The van der Waals surface area contributed by atoms with Gasteiger partial charge in [-0.1, -0.05) is 27.7 Å². The van der Waals surface area contributed by atoms with Crippen LogP contribution in [-0.2, 0) is 28.8 Å². The fourth-order valence-electron chi connectivity index (χ4n) is 2.88. The summed E-state index contributed by atoms with van der Waals surface area (Å²) in [6.45, 7) is 6.88. The second kappa shape index (κ2) is 14.0. The number of carboxylic acid groups (broad SMARTS) is 2. The summed E-state index contributed by atoms with van der Waals surface area (Å²) in [5.74, 6) is -6.40. The summed E-state index contributed by atoms with van der Waals surface area (Å²) < 4.78 is 0. The maximum atomic E-state index is 12.8. The SMILES string of the molecule is CC(C)C[C@H](N)C(=O)N[C@@H](CCC(=O)O)C(=O)N[C@H](C(=O)N[C@@H](CC(N)=O)C(=O)O)C(C)C. The lowest BCUT2D eigenvalue weighted by atomic mass is 10.0. The summed E-state index contributed by atoms with van der Waals surface area (Å²) in [5.41, 5.74) is 10.8. The largest absolute Gasteiger partial charge is 0.481 e. The van der Waals surface area contributed by atoms with E-state index in [2.05, 4.69) is 16.0 Å². The van der Waals surface area contributed by atoms with Gasteiger partial charge in [0.25, 0.3) is 0 Å². The van der Waals surface area contributed by atoms with E-state index in [1.807, 2.05) is 13.8 Å². The van der Waals surface area contributed by atoms with Crippen LogP contribution >= 0.6 is 0 Å². The molecule has 0 bridgehead atoms.